The molecule has 1 saturated heterocycles. The number of carbonyl (C=O) groups is 3. The quantitative estimate of drug-likeness (QED) is 0.760. The molecule has 1 heterocycles. The SMILES string of the molecule is CC(C)(C)OC(=O)N1CCN(C(=O)CNC(=O)CC23CC4CC(CC(C4)C2)C3)CC1. The normalized spacial score (nSPS) is 32.8. The van der Waals surface area contributed by atoms with Gasteiger partial charge in [0.1, 0.15) is 5.60 Å². The van der Waals surface area contributed by atoms with E-state index in [2.05, 4.69) is 5.32 Å². The third-order valence-corrected chi connectivity index (χ3v) is 7.42. The minimum Gasteiger partial charge on any atom is -0.444 e. The van der Waals surface area contributed by atoms with Crippen molar-refractivity contribution in [2.24, 2.45) is 23.2 Å². The van der Waals surface area contributed by atoms with E-state index in [0.29, 0.717) is 32.6 Å². The molecule has 4 bridgehead atoms. The van der Waals surface area contributed by atoms with Crippen LogP contribution in [0.2, 0.25) is 0 Å². The van der Waals surface area contributed by atoms with Crippen LogP contribution < -0.4 is 5.32 Å². The van der Waals surface area contributed by atoms with Gasteiger partial charge in [0.15, 0.2) is 0 Å². The second kappa shape index (κ2) is 8.04. The summed E-state index contributed by atoms with van der Waals surface area (Å²) in [5.74, 6) is 2.43. The Morgan fingerprint density at radius 3 is 1.90 bits per heavy atom. The zero-order valence-electron chi connectivity index (χ0n) is 18.7. The minimum atomic E-state index is -0.523. The lowest BCUT2D eigenvalue weighted by molar-refractivity contribution is -0.136. The van der Waals surface area contributed by atoms with Crippen molar-refractivity contribution >= 4 is 17.9 Å². The summed E-state index contributed by atoms with van der Waals surface area (Å²) in [5.41, 5.74) is -0.327. The van der Waals surface area contributed by atoms with Crippen molar-refractivity contribution in [1.29, 1.82) is 0 Å². The molecule has 0 aromatic carbocycles. The van der Waals surface area contributed by atoms with Crippen molar-refractivity contribution in [1.82, 2.24) is 15.1 Å². The van der Waals surface area contributed by atoms with Crippen LogP contribution in [-0.4, -0.2) is 66.0 Å². The van der Waals surface area contributed by atoms with E-state index >= 15 is 0 Å². The Morgan fingerprint density at radius 1 is 0.900 bits per heavy atom. The number of hydrogen-bond donors (Lipinski definition) is 1. The van der Waals surface area contributed by atoms with E-state index in [9.17, 15) is 14.4 Å². The fourth-order valence-electron chi connectivity index (χ4n) is 6.66. The molecule has 0 spiro atoms. The second-order valence-electron chi connectivity index (χ2n) is 11.2. The first-order valence-corrected chi connectivity index (χ1v) is 11.6. The Labute approximate surface area is 179 Å². The van der Waals surface area contributed by atoms with E-state index in [1.54, 1.807) is 9.80 Å². The first-order valence-electron chi connectivity index (χ1n) is 11.6. The van der Waals surface area contributed by atoms with Crippen LogP contribution in [0.1, 0.15) is 65.7 Å². The number of rotatable bonds is 4. The summed E-state index contributed by atoms with van der Waals surface area (Å²) in [6.07, 6.45) is 7.96. The van der Waals surface area contributed by atoms with Gasteiger partial charge in [0.2, 0.25) is 11.8 Å². The maximum Gasteiger partial charge on any atom is 0.410 e. The average Bonchev–Trinajstić information content (AvgIpc) is 2.63. The molecular weight excluding hydrogens is 382 g/mol. The van der Waals surface area contributed by atoms with E-state index in [4.69, 9.17) is 4.74 Å². The number of hydrogen-bond acceptors (Lipinski definition) is 4. The van der Waals surface area contributed by atoms with Crippen molar-refractivity contribution < 1.29 is 19.1 Å². The third-order valence-electron chi connectivity index (χ3n) is 7.42. The van der Waals surface area contributed by atoms with E-state index in [0.717, 1.165) is 17.8 Å². The molecule has 4 saturated carbocycles. The lowest BCUT2D eigenvalue weighted by Crippen LogP contribution is -2.53. The summed E-state index contributed by atoms with van der Waals surface area (Å²) in [5, 5.41) is 2.88. The van der Waals surface area contributed by atoms with E-state index in [-0.39, 0.29) is 29.9 Å². The van der Waals surface area contributed by atoms with Gasteiger partial charge in [-0.2, -0.15) is 0 Å². The smallest absolute Gasteiger partial charge is 0.410 e. The summed E-state index contributed by atoms with van der Waals surface area (Å²) in [7, 11) is 0. The van der Waals surface area contributed by atoms with Crippen molar-refractivity contribution in [3.05, 3.63) is 0 Å². The van der Waals surface area contributed by atoms with Crippen LogP contribution in [0, 0.1) is 23.2 Å². The standard InChI is InChI=1S/C23H37N3O4/c1-22(2,3)30-21(29)26-6-4-25(5-7-26)20(28)15-24-19(27)14-23-11-16-8-17(12-23)10-18(9-16)13-23/h16-18H,4-15H2,1-3H3,(H,24,27). The monoisotopic (exact) mass is 419 g/mol. The molecule has 4 aliphatic carbocycles. The van der Waals surface area contributed by atoms with Gasteiger partial charge < -0.3 is 19.9 Å². The predicted molar refractivity (Wildman–Crippen MR) is 113 cm³/mol. The van der Waals surface area contributed by atoms with Crippen molar-refractivity contribution in [3.8, 4) is 0 Å². The largest absolute Gasteiger partial charge is 0.444 e. The first kappa shape index (κ1) is 21.4. The molecule has 1 aliphatic heterocycles. The summed E-state index contributed by atoms with van der Waals surface area (Å²) >= 11 is 0. The topological polar surface area (TPSA) is 79.0 Å². The molecular formula is C23H37N3O4. The summed E-state index contributed by atoms with van der Waals surface area (Å²) in [6, 6.07) is 0. The number of piperazine rings is 1. The van der Waals surface area contributed by atoms with Crippen molar-refractivity contribution in [2.45, 2.75) is 71.3 Å². The van der Waals surface area contributed by atoms with Gasteiger partial charge >= 0.3 is 6.09 Å². The molecule has 7 nitrogen and oxygen atoms in total. The zero-order valence-corrected chi connectivity index (χ0v) is 18.7. The molecule has 5 rings (SSSR count). The number of carbonyl (C=O) groups excluding carboxylic acids is 3. The van der Waals surface area contributed by atoms with Crippen molar-refractivity contribution in [2.75, 3.05) is 32.7 Å². The van der Waals surface area contributed by atoms with Gasteiger partial charge in [-0.05, 0) is 82.5 Å². The number of amides is 3. The fraction of sp³-hybridized carbons (Fsp3) is 0.870. The number of nitrogens with zero attached hydrogens (tertiary/aromatic N) is 2. The third kappa shape index (κ3) is 4.92. The molecule has 0 aromatic rings. The summed E-state index contributed by atoms with van der Waals surface area (Å²) in [4.78, 5) is 40.7. The molecule has 5 aliphatic rings. The Balaban J connectivity index is 1.19. The van der Waals surface area contributed by atoms with Gasteiger partial charge in [0.05, 0.1) is 6.54 Å². The molecule has 168 valence electrons. The van der Waals surface area contributed by atoms with E-state index in [1.165, 1.54) is 38.5 Å². The predicted octanol–water partition coefficient (Wildman–Crippen LogP) is 2.79. The minimum absolute atomic E-state index is 0.0256. The van der Waals surface area contributed by atoms with Crippen LogP contribution in [0.25, 0.3) is 0 Å². The van der Waals surface area contributed by atoms with E-state index in [1.807, 2.05) is 20.8 Å². The maximum atomic E-state index is 12.6. The average molecular weight is 420 g/mol. The number of ether oxygens (including phenoxy) is 1. The Morgan fingerprint density at radius 2 is 1.40 bits per heavy atom. The molecule has 5 fully saturated rings. The highest BCUT2D eigenvalue weighted by Crippen LogP contribution is 2.61. The van der Waals surface area contributed by atoms with Crippen LogP contribution in [0.15, 0.2) is 0 Å². The van der Waals surface area contributed by atoms with Gasteiger partial charge in [-0.1, -0.05) is 0 Å². The Hall–Kier alpha value is -1.79. The molecule has 7 heteroatoms. The summed E-state index contributed by atoms with van der Waals surface area (Å²) < 4.78 is 5.39. The molecule has 30 heavy (non-hydrogen) atoms. The highest BCUT2D eigenvalue weighted by atomic mass is 16.6. The summed E-state index contributed by atoms with van der Waals surface area (Å²) in [6.45, 7) is 7.46. The Kier molecular flexibility index (Phi) is 5.75. The van der Waals surface area contributed by atoms with Gasteiger partial charge in [-0.3, -0.25) is 9.59 Å². The first-order chi connectivity index (χ1) is 14.1. The van der Waals surface area contributed by atoms with Gasteiger partial charge in [-0.15, -0.1) is 0 Å². The Bertz CT molecular complexity index is 656. The lowest BCUT2D eigenvalue weighted by atomic mass is 9.49. The molecule has 0 atom stereocenters. The number of nitrogens with one attached hydrogen (secondary N) is 1. The van der Waals surface area contributed by atoms with Crippen LogP contribution in [0.4, 0.5) is 4.79 Å². The van der Waals surface area contributed by atoms with Crippen molar-refractivity contribution in [3.63, 3.8) is 0 Å². The highest BCUT2D eigenvalue weighted by Gasteiger charge is 2.51. The maximum absolute atomic E-state index is 12.6. The van der Waals surface area contributed by atoms with Crippen LogP contribution in [0.5, 0.6) is 0 Å². The molecule has 0 unspecified atom stereocenters. The highest BCUT2D eigenvalue weighted by molar-refractivity contribution is 5.85. The second-order valence-corrected chi connectivity index (χ2v) is 11.2. The molecule has 0 aromatic heterocycles. The molecule has 1 N–H and O–H groups in total. The van der Waals surface area contributed by atoms with Crippen LogP contribution in [0.3, 0.4) is 0 Å². The van der Waals surface area contributed by atoms with E-state index < -0.39 is 5.60 Å². The molecule has 3 amide bonds. The van der Waals surface area contributed by atoms with Crippen LogP contribution >= 0.6 is 0 Å². The van der Waals surface area contributed by atoms with Gasteiger partial charge in [0.25, 0.3) is 0 Å². The van der Waals surface area contributed by atoms with Crippen LogP contribution in [-0.2, 0) is 14.3 Å². The lowest BCUT2D eigenvalue weighted by Gasteiger charge is -2.56. The van der Waals surface area contributed by atoms with Gasteiger partial charge in [-0.25, -0.2) is 4.79 Å². The van der Waals surface area contributed by atoms with Gasteiger partial charge in [0, 0.05) is 32.6 Å². The zero-order chi connectivity index (χ0) is 21.5. The fourth-order valence-corrected chi connectivity index (χ4v) is 6.66. The molecule has 0 radical (unpaired) electrons.